The van der Waals surface area contributed by atoms with Crippen LogP contribution in [0.1, 0.15) is 37.9 Å². The third kappa shape index (κ3) is 4.02. The highest BCUT2D eigenvalue weighted by atomic mass is 19.1. The van der Waals surface area contributed by atoms with Crippen molar-refractivity contribution >= 4 is 11.5 Å². The highest BCUT2D eigenvalue weighted by Crippen LogP contribution is 2.33. The summed E-state index contributed by atoms with van der Waals surface area (Å²) in [6, 6.07) is 3.28. The van der Waals surface area contributed by atoms with Crippen molar-refractivity contribution in [1.82, 2.24) is 24.9 Å². The van der Waals surface area contributed by atoms with Gasteiger partial charge >= 0.3 is 0 Å². The van der Waals surface area contributed by atoms with E-state index >= 15 is 0 Å². The number of nitriles is 1. The number of methoxy groups -OCH3 is 1. The summed E-state index contributed by atoms with van der Waals surface area (Å²) in [7, 11) is 1.47. The number of fused-ring (bicyclic) bond motifs is 1. The fraction of sp³-hybridized carbons (Fsp3) is 0.429. The molecule has 0 saturated carbocycles. The van der Waals surface area contributed by atoms with Crippen LogP contribution < -0.4 is 15.4 Å². The van der Waals surface area contributed by atoms with E-state index in [1.54, 1.807) is 20.0 Å². The second kappa shape index (κ2) is 8.09. The van der Waals surface area contributed by atoms with Gasteiger partial charge in [-0.05, 0) is 39.3 Å². The number of hydrogen-bond donors (Lipinski definition) is 3. The maximum absolute atomic E-state index is 15.0. The third-order valence-electron chi connectivity index (χ3n) is 5.25. The summed E-state index contributed by atoms with van der Waals surface area (Å²) in [4.78, 5) is 8.95. The quantitative estimate of drug-likeness (QED) is 0.569. The van der Waals surface area contributed by atoms with Gasteiger partial charge in [-0.2, -0.15) is 10.4 Å². The van der Waals surface area contributed by atoms with E-state index in [2.05, 4.69) is 25.7 Å². The number of halogens is 1. The lowest BCUT2D eigenvalue weighted by atomic mass is 10.0. The molecule has 3 N–H and O–H groups in total. The lowest BCUT2D eigenvalue weighted by Crippen LogP contribution is -2.38. The summed E-state index contributed by atoms with van der Waals surface area (Å²) in [5.41, 5.74) is -0.162. The Labute approximate surface area is 178 Å². The zero-order valence-corrected chi connectivity index (χ0v) is 17.6. The highest BCUT2D eigenvalue weighted by Gasteiger charge is 2.26. The first-order valence-corrected chi connectivity index (χ1v) is 10.0. The van der Waals surface area contributed by atoms with Crippen molar-refractivity contribution in [2.75, 3.05) is 25.5 Å². The molecule has 0 spiro atoms. The molecule has 9 nitrogen and oxygen atoms in total. The summed E-state index contributed by atoms with van der Waals surface area (Å²) in [6.45, 7) is 4.87. The minimum absolute atomic E-state index is 0.0274. The number of piperidine rings is 1. The summed E-state index contributed by atoms with van der Waals surface area (Å²) in [5, 5.41) is 30.8. The van der Waals surface area contributed by atoms with Crippen molar-refractivity contribution in [3.63, 3.8) is 0 Å². The Morgan fingerprint density at radius 3 is 2.87 bits per heavy atom. The molecule has 3 aromatic rings. The number of nitrogens with one attached hydrogen (secondary N) is 2. The van der Waals surface area contributed by atoms with E-state index in [1.165, 1.54) is 23.9 Å². The summed E-state index contributed by atoms with van der Waals surface area (Å²) in [5.74, 6) is 0.0273. The second-order valence-corrected chi connectivity index (χ2v) is 8.06. The normalized spacial score (nSPS) is 16.8. The van der Waals surface area contributed by atoms with Crippen molar-refractivity contribution in [2.45, 2.75) is 38.3 Å². The number of hydrogen-bond acceptors (Lipinski definition) is 8. The molecule has 0 radical (unpaired) electrons. The molecule has 0 aromatic carbocycles. The first-order valence-electron chi connectivity index (χ1n) is 10.0. The highest BCUT2D eigenvalue weighted by molar-refractivity contribution is 5.77. The molecule has 1 aliphatic rings. The number of ether oxygens (including phenoxy) is 1. The second-order valence-electron chi connectivity index (χ2n) is 8.06. The van der Waals surface area contributed by atoms with Crippen molar-refractivity contribution in [3.8, 4) is 23.1 Å². The molecule has 1 fully saturated rings. The van der Waals surface area contributed by atoms with Gasteiger partial charge in [-0.25, -0.2) is 18.9 Å². The average molecular weight is 425 g/mol. The van der Waals surface area contributed by atoms with Gasteiger partial charge in [-0.3, -0.25) is 0 Å². The van der Waals surface area contributed by atoms with Gasteiger partial charge in [0.2, 0.25) is 0 Å². The van der Waals surface area contributed by atoms with E-state index in [4.69, 9.17) is 4.74 Å². The predicted octanol–water partition coefficient (Wildman–Crippen LogP) is 2.20. The zero-order chi connectivity index (χ0) is 22.2. The van der Waals surface area contributed by atoms with Crippen LogP contribution in [0.5, 0.6) is 5.75 Å². The molecule has 4 rings (SSSR count). The molecule has 0 aliphatic carbocycles. The molecule has 4 heterocycles. The van der Waals surface area contributed by atoms with Gasteiger partial charge in [0, 0.05) is 12.6 Å². The Balaban J connectivity index is 1.83. The van der Waals surface area contributed by atoms with Gasteiger partial charge in [0.1, 0.15) is 28.9 Å². The maximum atomic E-state index is 15.0. The van der Waals surface area contributed by atoms with E-state index in [1.807, 2.05) is 6.07 Å². The molecule has 1 atom stereocenters. The van der Waals surface area contributed by atoms with Crippen molar-refractivity contribution in [1.29, 1.82) is 5.26 Å². The minimum atomic E-state index is -1.29. The first kappa shape index (κ1) is 21.0. The Bertz CT molecular complexity index is 1160. The van der Waals surface area contributed by atoms with Crippen LogP contribution in [0.15, 0.2) is 18.5 Å². The number of rotatable bonds is 5. The van der Waals surface area contributed by atoms with Crippen LogP contribution in [-0.2, 0) is 5.60 Å². The summed E-state index contributed by atoms with van der Waals surface area (Å²) >= 11 is 0. The van der Waals surface area contributed by atoms with Crippen molar-refractivity contribution in [2.24, 2.45) is 0 Å². The van der Waals surface area contributed by atoms with Gasteiger partial charge in [0.15, 0.2) is 17.2 Å². The fourth-order valence-electron chi connectivity index (χ4n) is 3.69. The molecule has 0 amide bonds. The fourth-order valence-corrected chi connectivity index (χ4v) is 3.69. The molecular weight excluding hydrogens is 401 g/mol. The van der Waals surface area contributed by atoms with Crippen LogP contribution in [0.25, 0.3) is 16.9 Å². The van der Waals surface area contributed by atoms with E-state index in [0.29, 0.717) is 28.5 Å². The zero-order valence-electron chi connectivity index (χ0n) is 17.6. The third-order valence-corrected chi connectivity index (χ3v) is 5.25. The SMILES string of the molecule is COc1cn2ncc(-c3nc(N[C@H]4CCCNC4)c(C#N)cc3F)c2nc1C(C)(C)O. The van der Waals surface area contributed by atoms with E-state index < -0.39 is 11.4 Å². The molecule has 0 unspecified atom stereocenters. The van der Waals surface area contributed by atoms with Crippen LogP contribution in [0, 0.1) is 17.1 Å². The average Bonchev–Trinajstić information content (AvgIpc) is 3.16. The minimum Gasteiger partial charge on any atom is -0.493 e. The molecule has 10 heteroatoms. The molecule has 1 saturated heterocycles. The van der Waals surface area contributed by atoms with Crippen molar-refractivity contribution < 1.29 is 14.2 Å². The van der Waals surface area contributed by atoms with Gasteiger partial charge in [0.05, 0.1) is 30.6 Å². The van der Waals surface area contributed by atoms with Gasteiger partial charge in [-0.15, -0.1) is 0 Å². The van der Waals surface area contributed by atoms with Crippen LogP contribution in [0.3, 0.4) is 0 Å². The Morgan fingerprint density at radius 2 is 2.23 bits per heavy atom. The van der Waals surface area contributed by atoms with Gasteiger partial charge in [-0.1, -0.05) is 0 Å². The van der Waals surface area contributed by atoms with E-state index in [0.717, 1.165) is 25.9 Å². The number of aromatic nitrogens is 4. The molecule has 162 valence electrons. The summed E-state index contributed by atoms with van der Waals surface area (Å²) < 4.78 is 21.7. The topological polar surface area (TPSA) is 120 Å². The standard InChI is InChI=1S/C21H24FN7O2/c1-21(2,30)18-16(31-3)11-29-20(28-18)14(10-25-29)17-15(22)7-12(8-23)19(27-17)26-13-5-4-6-24-9-13/h7,10-11,13,24,30H,4-6,9H2,1-3H3,(H,26,27)/t13-/m0/s1. The van der Waals surface area contributed by atoms with Gasteiger partial charge in [0.25, 0.3) is 0 Å². The van der Waals surface area contributed by atoms with Crippen LogP contribution >= 0.6 is 0 Å². The van der Waals surface area contributed by atoms with E-state index in [9.17, 15) is 14.8 Å². The number of nitrogens with zero attached hydrogens (tertiary/aromatic N) is 5. The van der Waals surface area contributed by atoms with E-state index in [-0.39, 0.29) is 17.3 Å². The predicted molar refractivity (Wildman–Crippen MR) is 112 cm³/mol. The molecule has 0 bridgehead atoms. The summed E-state index contributed by atoms with van der Waals surface area (Å²) in [6.07, 6.45) is 4.97. The largest absolute Gasteiger partial charge is 0.493 e. The van der Waals surface area contributed by atoms with Crippen molar-refractivity contribution in [3.05, 3.63) is 35.5 Å². The lowest BCUT2D eigenvalue weighted by Gasteiger charge is -2.25. The Morgan fingerprint density at radius 1 is 1.42 bits per heavy atom. The molecule has 3 aromatic heterocycles. The first-order chi connectivity index (χ1) is 14.8. The van der Waals surface area contributed by atoms with Crippen LogP contribution in [0.4, 0.5) is 10.2 Å². The number of anilines is 1. The molecule has 1 aliphatic heterocycles. The lowest BCUT2D eigenvalue weighted by molar-refractivity contribution is 0.0707. The number of pyridine rings is 1. The van der Waals surface area contributed by atoms with Crippen LogP contribution in [-0.4, -0.2) is 50.9 Å². The Kier molecular flexibility index (Phi) is 5.47. The van der Waals surface area contributed by atoms with Crippen LogP contribution in [0.2, 0.25) is 0 Å². The molecule has 31 heavy (non-hydrogen) atoms. The van der Waals surface area contributed by atoms with Gasteiger partial charge < -0.3 is 20.5 Å². The smallest absolute Gasteiger partial charge is 0.165 e. The molecular formula is C21H24FN7O2. The monoisotopic (exact) mass is 425 g/mol. The number of aliphatic hydroxyl groups is 1. The Hall–Kier alpha value is -3.29. The maximum Gasteiger partial charge on any atom is 0.165 e.